The molecule has 24 heavy (non-hydrogen) atoms. The second-order valence-corrected chi connectivity index (χ2v) is 5.51. The molecular weight excluding hydrogens is 304 g/mol. The molecule has 0 spiro atoms. The highest BCUT2D eigenvalue weighted by molar-refractivity contribution is 5.96. The molecule has 128 valence electrons. The third-order valence-electron chi connectivity index (χ3n) is 3.51. The molecule has 2 N–H and O–H groups in total. The number of methoxy groups -OCH3 is 1. The Balaban J connectivity index is 2.15. The minimum Gasteiger partial charge on any atom is -0.465 e. The van der Waals surface area contributed by atoms with Gasteiger partial charge < -0.3 is 15.4 Å². The number of hydrogen-bond donors (Lipinski definition) is 2. The molecule has 0 aliphatic heterocycles. The van der Waals surface area contributed by atoms with E-state index in [0.29, 0.717) is 23.0 Å². The van der Waals surface area contributed by atoms with E-state index < -0.39 is 0 Å². The van der Waals surface area contributed by atoms with Crippen LogP contribution in [-0.2, 0) is 4.74 Å². The molecule has 1 heterocycles. The van der Waals surface area contributed by atoms with Gasteiger partial charge in [-0.3, -0.25) is 0 Å². The second kappa shape index (κ2) is 8.86. The fourth-order valence-corrected chi connectivity index (χ4v) is 2.30. The summed E-state index contributed by atoms with van der Waals surface area (Å²) in [6, 6.07) is 9.02. The molecule has 0 aliphatic carbocycles. The van der Waals surface area contributed by atoms with Crippen LogP contribution in [0.15, 0.2) is 30.3 Å². The highest BCUT2D eigenvalue weighted by atomic mass is 16.5. The minimum atomic E-state index is -0.387. The van der Waals surface area contributed by atoms with Crippen LogP contribution in [0.2, 0.25) is 0 Å². The van der Waals surface area contributed by atoms with E-state index in [4.69, 9.17) is 4.74 Å². The third kappa shape index (κ3) is 4.94. The Kier molecular flexibility index (Phi) is 6.54. The average molecular weight is 328 g/mol. The number of unbranched alkanes of at least 4 members (excludes halogenated alkanes) is 2. The van der Waals surface area contributed by atoms with E-state index in [1.807, 2.05) is 25.1 Å². The molecule has 0 amide bonds. The Labute approximate surface area is 142 Å². The van der Waals surface area contributed by atoms with Crippen LogP contribution in [0.3, 0.4) is 0 Å². The number of carbonyl (C=O) groups excluding carboxylic acids is 1. The zero-order valence-corrected chi connectivity index (χ0v) is 14.4. The van der Waals surface area contributed by atoms with Gasteiger partial charge >= 0.3 is 5.97 Å². The van der Waals surface area contributed by atoms with Gasteiger partial charge in [0.1, 0.15) is 5.82 Å². The molecule has 6 heteroatoms. The molecule has 0 atom stereocenters. The maximum Gasteiger partial charge on any atom is 0.339 e. The average Bonchev–Trinajstić information content (AvgIpc) is 2.58. The lowest BCUT2D eigenvalue weighted by molar-refractivity contribution is 0.0602. The van der Waals surface area contributed by atoms with E-state index in [1.165, 1.54) is 20.0 Å². The smallest absolute Gasteiger partial charge is 0.339 e. The van der Waals surface area contributed by atoms with Crippen molar-refractivity contribution in [2.24, 2.45) is 0 Å². The summed E-state index contributed by atoms with van der Waals surface area (Å²) in [5.41, 5.74) is 1.97. The standard InChI is InChI=1S/C18H24N4O2/c1-4-5-8-11-19-18-20-13(2)12-16(22-18)21-15-10-7-6-9-14(15)17(23)24-3/h6-7,9-10,12H,4-5,8,11H2,1-3H3,(H2,19,20,21,22). The largest absolute Gasteiger partial charge is 0.465 e. The molecule has 0 saturated carbocycles. The quantitative estimate of drug-likeness (QED) is 0.565. The van der Waals surface area contributed by atoms with Crippen molar-refractivity contribution in [2.45, 2.75) is 33.1 Å². The lowest BCUT2D eigenvalue weighted by Gasteiger charge is -2.12. The molecule has 0 aliphatic rings. The van der Waals surface area contributed by atoms with Crippen LogP contribution >= 0.6 is 0 Å². The van der Waals surface area contributed by atoms with Gasteiger partial charge in [-0.1, -0.05) is 31.9 Å². The zero-order valence-electron chi connectivity index (χ0n) is 14.4. The Morgan fingerprint density at radius 3 is 2.75 bits per heavy atom. The van der Waals surface area contributed by atoms with E-state index in [-0.39, 0.29) is 5.97 Å². The van der Waals surface area contributed by atoms with Gasteiger partial charge in [-0.15, -0.1) is 0 Å². The number of nitrogens with one attached hydrogen (secondary N) is 2. The van der Waals surface area contributed by atoms with Gasteiger partial charge in [0, 0.05) is 18.3 Å². The fourth-order valence-electron chi connectivity index (χ4n) is 2.30. The first-order chi connectivity index (χ1) is 11.6. The number of anilines is 3. The molecular formula is C18H24N4O2. The summed E-state index contributed by atoms with van der Waals surface area (Å²) in [4.78, 5) is 20.7. The van der Waals surface area contributed by atoms with Crippen LogP contribution in [-0.4, -0.2) is 29.6 Å². The highest BCUT2D eigenvalue weighted by Crippen LogP contribution is 2.21. The third-order valence-corrected chi connectivity index (χ3v) is 3.51. The number of esters is 1. The number of ether oxygens (including phenoxy) is 1. The summed E-state index contributed by atoms with van der Waals surface area (Å²) in [6.07, 6.45) is 3.44. The number of aryl methyl sites for hydroxylation is 1. The summed E-state index contributed by atoms with van der Waals surface area (Å²) in [6.45, 7) is 4.93. The lowest BCUT2D eigenvalue weighted by Crippen LogP contribution is -2.09. The number of nitrogens with zero attached hydrogens (tertiary/aromatic N) is 2. The van der Waals surface area contributed by atoms with E-state index in [1.54, 1.807) is 12.1 Å². The van der Waals surface area contributed by atoms with Gasteiger partial charge in [0.05, 0.1) is 18.4 Å². The topological polar surface area (TPSA) is 76.1 Å². The van der Waals surface area contributed by atoms with Gasteiger partial charge in [-0.25, -0.2) is 9.78 Å². The van der Waals surface area contributed by atoms with Crippen molar-refractivity contribution in [1.29, 1.82) is 0 Å². The van der Waals surface area contributed by atoms with E-state index in [0.717, 1.165) is 18.7 Å². The lowest BCUT2D eigenvalue weighted by atomic mass is 10.2. The van der Waals surface area contributed by atoms with E-state index in [9.17, 15) is 4.79 Å². The molecule has 0 radical (unpaired) electrons. The first kappa shape index (κ1) is 17.7. The SMILES string of the molecule is CCCCCNc1nc(C)cc(Nc2ccccc2C(=O)OC)n1. The van der Waals surface area contributed by atoms with Crippen molar-refractivity contribution >= 4 is 23.4 Å². The fraction of sp³-hybridized carbons (Fsp3) is 0.389. The molecule has 0 bridgehead atoms. The number of para-hydroxylation sites is 1. The number of carbonyl (C=O) groups is 1. The number of rotatable bonds is 8. The Hall–Kier alpha value is -2.63. The highest BCUT2D eigenvalue weighted by Gasteiger charge is 2.12. The summed E-state index contributed by atoms with van der Waals surface area (Å²) >= 11 is 0. The van der Waals surface area contributed by atoms with Gasteiger partial charge in [-0.05, 0) is 25.5 Å². The molecule has 0 unspecified atom stereocenters. The van der Waals surface area contributed by atoms with Crippen LogP contribution in [0.25, 0.3) is 0 Å². The summed E-state index contributed by atoms with van der Waals surface area (Å²) < 4.78 is 4.81. The first-order valence-corrected chi connectivity index (χ1v) is 8.18. The Bertz CT molecular complexity index is 688. The van der Waals surface area contributed by atoms with Gasteiger partial charge in [-0.2, -0.15) is 4.98 Å². The Morgan fingerprint density at radius 2 is 2.00 bits per heavy atom. The molecule has 0 saturated heterocycles. The van der Waals surface area contributed by atoms with Crippen molar-refractivity contribution < 1.29 is 9.53 Å². The molecule has 0 fully saturated rings. The van der Waals surface area contributed by atoms with E-state index in [2.05, 4.69) is 27.5 Å². The zero-order chi connectivity index (χ0) is 17.4. The normalized spacial score (nSPS) is 10.3. The number of benzene rings is 1. The maximum atomic E-state index is 11.9. The monoisotopic (exact) mass is 328 g/mol. The van der Waals surface area contributed by atoms with E-state index >= 15 is 0 Å². The van der Waals surface area contributed by atoms with Gasteiger partial charge in [0.15, 0.2) is 0 Å². The molecule has 1 aromatic carbocycles. The maximum absolute atomic E-state index is 11.9. The van der Waals surface area contributed by atoms with Crippen LogP contribution in [0.4, 0.5) is 17.5 Å². The molecule has 2 aromatic rings. The molecule has 2 rings (SSSR count). The Morgan fingerprint density at radius 1 is 1.21 bits per heavy atom. The molecule has 6 nitrogen and oxygen atoms in total. The second-order valence-electron chi connectivity index (χ2n) is 5.51. The van der Waals surface area contributed by atoms with Gasteiger partial charge in [0.25, 0.3) is 0 Å². The number of hydrogen-bond acceptors (Lipinski definition) is 6. The molecule has 1 aromatic heterocycles. The van der Waals surface area contributed by atoms with Crippen LogP contribution < -0.4 is 10.6 Å². The first-order valence-electron chi connectivity index (χ1n) is 8.18. The van der Waals surface area contributed by atoms with Crippen molar-refractivity contribution in [1.82, 2.24) is 9.97 Å². The van der Waals surface area contributed by atoms with Crippen LogP contribution in [0.1, 0.15) is 42.2 Å². The van der Waals surface area contributed by atoms with Crippen molar-refractivity contribution in [3.8, 4) is 0 Å². The predicted molar refractivity (Wildman–Crippen MR) is 95.8 cm³/mol. The minimum absolute atomic E-state index is 0.387. The summed E-state index contributed by atoms with van der Waals surface area (Å²) in [5.74, 6) is 0.836. The summed E-state index contributed by atoms with van der Waals surface area (Å²) in [5, 5.41) is 6.42. The van der Waals surface area contributed by atoms with Crippen LogP contribution in [0.5, 0.6) is 0 Å². The van der Waals surface area contributed by atoms with Crippen molar-refractivity contribution in [3.63, 3.8) is 0 Å². The predicted octanol–water partition coefficient (Wildman–Crippen LogP) is 3.92. The summed E-state index contributed by atoms with van der Waals surface area (Å²) in [7, 11) is 1.37. The van der Waals surface area contributed by atoms with Crippen LogP contribution in [0, 0.1) is 6.92 Å². The number of aromatic nitrogens is 2. The van der Waals surface area contributed by atoms with Crippen molar-refractivity contribution in [3.05, 3.63) is 41.6 Å². The van der Waals surface area contributed by atoms with Crippen molar-refractivity contribution in [2.75, 3.05) is 24.3 Å². The van der Waals surface area contributed by atoms with Gasteiger partial charge in [0.2, 0.25) is 5.95 Å².